The first-order valence-corrected chi connectivity index (χ1v) is 7.18. The fourth-order valence-electron chi connectivity index (χ4n) is 3.59. The molecule has 0 saturated heterocycles. The molecule has 0 aliphatic heterocycles. The summed E-state index contributed by atoms with van der Waals surface area (Å²) in [7, 11) is 0. The highest BCUT2D eigenvalue weighted by molar-refractivity contribution is 5.66. The van der Waals surface area contributed by atoms with E-state index in [-0.39, 0.29) is 0 Å². The van der Waals surface area contributed by atoms with Crippen molar-refractivity contribution in [1.29, 1.82) is 0 Å². The highest BCUT2D eigenvalue weighted by Crippen LogP contribution is 2.43. The van der Waals surface area contributed by atoms with Crippen molar-refractivity contribution in [2.24, 2.45) is 11.8 Å². The lowest BCUT2D eigenvalue weighted by Gasteiger charge is -2.37. The lowest BCUT2D eigenvalue weighted by molar-refractivity contribution is -0.137. The van der Waals surface area contributed by atoms with E-state index < -0.39 is 5.97 Å². The number of hydrogen-bond donors (Lipinski definition) is 1. The third kappa shape index (κ3) is 3.58. The Hall–Kier alpha value is -0.790. The summed E-state index contributed by atoms with van der Waals surface area (Å²) in [5.41, 5.74) is 1.66. The molecular formula is C15H24O2. The Morgan fingerprint density at radius 2 is 2.00 bits per heavy atom. The molecule has 1 N–H and O–H groups in total. The highest BCUT2D eigenvalue weighted by atomic mass is 16.4. The lowest BCUT2D eigenvalue weighted by atomic mass is 9.68. The van der Waals surface area contributed by atoms with E-state index in [4.69, 9.17) is 5.11 Å². The van der Waals surface area contributed by atoms with Gasteiger partial charge >= 0.3 is 5.97 Å². The molecule has 2 saturated carbocycles. The molecule has 2 aliphatic rings. The standard InChI is InChI=1S/C15H24O2/c16-15(17)11-4-2-7-13-9-5-8-12-6-1-3-10-14(12)13/h7,12,14H,1-6,8-11H2,(H,16,17). The van der Waals surface area contributed by atoms with Gasteiger partial charge in [0.15, 0.2) is 0 Å². The minimum atomic E-state index is -0.664. The first-order chi connectivity index (χ1) is 8.27. The van der Waals surface area contributed by atoms with Gasteiger partial charge in [-0.15, -0.1) is 0 Å². The van der Waals surface area contributed by atoms with Crippen LogP contribution in [0.25, 0.3) is 0 Å². The van der Waals surface area contributed by atoms with E-state index in [9.17, 15) is 4.79 Å². The molecule has 2 aliphatic carbocycles. The molecule has 2 nitrogen and oxygen atoms in total. The summed E-state index contributed by atoms with van der Waals surface area (Å²) in [4.78, 5) is 10.5. The smallest absolute Gasteiger partial charge is 0.303 e. The van der Waals surface area contributed by atoms with Crippen molar-refractivity contribution in [3.8, 4) is 0 Å². The van der Waals surface area contributed by atoms with Gasteiger partial charge in [0.05, 0.1) is 0 Å². The van der Waals surface area contributed by atoms with Crippen LogP contribution in [0.1, 0.15) is 64.2 Å². The predicted molar refractivity (Wildman–Crippen MR) is 68.9 cm³/mol. The quantitative estimate of drug-likeness (QED) is 0.588. The van der Waals surface area contributed by atoms with Crippen LogP contribution in [0.2, 0.25) is 0 Å². The summed E-state index contributed by atoms with van der Waals surface area (Å²) >= 11 is 0. The van der Waals surface area contributed by atoms with Crippen molar-refractivity contribution in [2.45, 2.75) is 64.2 Å². The molecule has 17 heavy (non-hydrogen) atoms. The first kappa shape index (κ1) is 12.7. The Kier molecular flexibility index (Phi) is 4.64. The van der Waals surface area contributed by atoms with Crippen molar-refractivity contribution in [2.75, 3.05) is 0 Å². The number of unbranched alkanes of at least 4 members (excludes halogenated alkanes) is 1. The van der Waals surface area contributed by atoms with Gasteiger partial charge in [-0.25, -0.2) is 0 Å². The van der Waals surface area contributed by atoms with Crippen molar-refractivity contribution in [1.82, 2.24) is 0 Å². The van der Waals surface area contributed by atoms with Crippen LogP contribution in [0.15, 0.2) is 11.6 Å². The van der Waals surface area contributed by atoms with Crippen LogP contribution >= 0.6 is 0 Å². The Bertz CT molecular complexity index is 291. The third-order valence-corrected chi connectivity index (χ3v) is 4.43. The average Bonchev–Trinajstić information content (AvgIpc) is 2.34. The largest absolute Gasteiger partial charge is 0.481 e. The van der Waals surface area contributed by atoms with E-state index in [1.54, 1.807) is 5.57 Å². The zero-order valence-electron chi connectivity index (χ0n) is 10.7. The molecule has 2 atom stereocenters. The van der Waals surface area contributed by atoms with Crippen molar-refractivity contribution >= 4 is 5.97 Å². The fraction of sp³-hybridized carbons (Fsp3) is 0.800. The Morgan fingerprint density at radius 1 is 1.24 bits per heavy atom. The number of rotatable bonds is 4. The zero-order chi connectivity index (χ0) is 12.1. The summed E-state index contributed by atoms with van der Waals surface area (Å²) in [5, 5.41) is 8.62. The molecule has 2 unspecified atom stereocenters. The van der Waals surface area contributed by atoms with E-state index in [1.807, 2.05) is 0 Å². The van der Waals surface area contributed by atoms with E-state index >= 15 is 0 Å². The number of allylic oxidation sites excluding steroid dienone is 2. The maximum atomic E-state index is 10.5. The van der Waals surface area contributed by atoms with Gasteiger partial charge in [-0.1, -0.05) is 24.5 Å². The molecule has 0 aromatic heterocycles. The van der Waals surface area contributed by atoms with Crippen LogP contribution in [-0.4, -0.2) is 11.1 Å². The van der Waals surface area contributed by atoms with Crippen molar-refractivity contribution in [3.05, 3.63) is 11.6 Å². The maximum absolute atomic E-state index is 10.5. The second-order valence-corrected chi connectivity index (χ2v) is 5.61. The molecule has 2 rings (SSSR count). The second kappa shape index (κ2) is 6.23. The van der Waals surface area contributed by atoms with Crippen molar-refractivity contribution in [3.63, 3.8) is 0 Å². The number of carbonyl (C=O) groups is 1. The number of aliphatic carboxylic acids is 1. The normalized spacial score (nSPS) is 31.2. The van der Waals surface area contributed by atoms with E-state index in [1.165, 1.54) is 44.9 Å². The molecule has 0 bridgehead atoms. The Balaban J connectivity index is 1.85. The van der Waals surface area contributed by atoms with Crippen LogP contribution < -0.4 is 0 Å². The van der Waals surface area contributed by atoms with Gasteiger partial charge in [-0.05, 0) is 56.8 Å². The van der Waals surface area contributed by atoms with Crippen LogP contribution in [0, 0.1) is 11.8 Å². The molecular weight excluding hydrogens is 212 g/mol. The van der Waals surface area contributed by atoms with Crippen LogP contribution in [0.3, 0.4) is 0 Å². The molecule has 2 fully saturated rings. The zero-order valence-corrected chi connectivity index (χ0v) is 10.7. The summed E-state index contributed by atoms with van der Waals surface area (Å²) in [6.45, 7) is 0. The van der Waals surface area contributed by atoms with Crippen LogP contribution in [0.5, 0.6) is 0 Å². The molecule has 96 valence electrons. The highest BCUT2D eigenvalue weighted by Gasteiger charge is 2.30. The van der Waals surface area contributed by atoms with Gasteiger partial charge in [0, 0.05) is 6.42 Å². The third-order valence-electron chi connectivity index (χ3n) is 4.43. The van der Waals surface area contributed by atoms with Gasteiger partial charge in [0.1, 0.15) is 0 Å². The molecule has 0 spiro atoms. The maximum Gasteiger partial charge on any atom is 0.303 e. The Labute approximate surface area is 104 Å². The minimum absolute atomic E-state index is 0.317. The molecule has 0 amide bonds. The predicted octanol–water partition coefficient (Wildman–Crippen LogP) is 4.16. The number of carboxylic acid groups (broad SMARTS) is 1. The monoisotopic (exact) mass is 236 g/mol. The van der Waals surface area contributed by atoms with Gasteiger partial charge < -0.3 is 5.11 Å². The molecule has 2 heteroatoms. The molecule has 0 aromatic rings. The molecule has 0 radical (unpaired) electrons. The molecule has 0 aromatic carbocycles. The van der Waals surface area contributed by atoms with E-state index in [0.29, 0.717) is 6.42 Å². The van der Waals surface area contributed by atoms with E-state index in [2.05, 4.69) is 6.08 Å². The number of hydrogen-bond acceptors (Lipinski definition) is 1. The lowest BCUT2D eigenvalue weighted by Crippen LogP contribution is -2.25. The van der Waals surface area contributed by atoms with Gasteiger partial charge in [-0.2, -0.15) is 0 Å². The number of fused-ring (bicyclic) bond motifs is 1. The summed E-state index contributed by atoms with van der Waals surface area (Å²) in [5.74, 6) is 1.13. The second-order valence-electron chi connectivity index (χ2n) is 5.61. The van der Waals surface area contributed by atoms with E-state index in [0.717, 1.165) is 24.7 Å². The Morgan fingerprint density at radius 3 is 2.82 bits per heavy atom. The van der Waals surface area contributed by atoms with Crippen LogP contribution in [-0.2, 0) is 4.79 Å². The average molecular weight is 236 g/mol. The SMILES string of the molecule is O=C(O)CCCC=C1CCCC2CCCCC12. The summed E-state index contributed by atoms with van der Waals surface area (Å²) in [6.07, 6.45) is 14.1. The summed E-state index contributed by atoms with van der Waals surface area (Å²) in [6, 6.07) is 0. The topological polar surface area (TPSA) is 37.3 Å². The summed E-state index contributed by atoms with van der Waals surface area (Å²) < 4.78 is 0. The van der Waals surface area contributed by atoms with Crippen molar-refractivity contribution < 1.29 is 9.90 Å². The van der Waals surface area contributed by atoms with Gasteiger partial charge in [0.2, 0.25) is 0 Å². The van der Waals surface area contributed by atoms with Crippen LogP contribution in [0.4, 0.5) is 0 Å². The minimum Gasteiger partial charge on any atom is -0.481 e. The van der Waals surface area contributed by atoms with Gasteiger partial charge in [-0.3, -0.25) is 4.79 Å². The fourth-order valence-corrected chi connectivity index (χ4v) is 3.59. The van der Waals surface area contributed by atoms with Gasteiger partial charge in [0.25, 0.3) is 0 Å². The number of carboxylic acids is 1. The molecule has 0 heterocycles. The first-order valence-electron chi connectivity index (χ1n) is 7.18.